The van der Waals surface area contributed by atoms with Gasteiger partial charge in [0.25, 0.3) is 0 Å². The zero-order chi connectivity index (χ0) is 57.5. The molecule has 8 unspecified atom stereocenters. The SMILES string of the molecule is CC/C=C\C/C=C\C/C=C\C/C=C\C/C=C\CCCCCCCCCC(=O)OC1C(OCC(NC(=O)C(O)CC/C=C\C/C=C\C/C=C\C/C=C\CCCCC)C(O)/C=C/CCCCCCCCCCC)OC(CO)C(O)C1O. The second-order valence-electron chi connectivity index (χ2n) is 21.0. The quantitative estimate of drug-likeness (QED) is 0.0195. The van der Waals surface area contributed by atoms with Crippen LogP contribution >= 0.6 is 0 Å². The first-order valence-electron chi connectivity index (χ1n) is 31.3. The number of rotatable bonds is 51. The van der Waals surface area contributed by atoms with E-state index in [2.05, 4.69) is 123 Å². The average molecular weight is 1100 g/mol. The van der Waals surface area contributed by atoms with Crippen LogP contribution in [0.5, 0.6) is 0 Å². The number of nitrogens with one attached hydrogen (secondary N) is 1. The van der Waals surface area contributed by atoms with Gasteiger partial charge in [0.2, 0.25) is 5.91 Å². The molecule has 1 aliphatic rings. The van der Waals surface area contributed by atoms with E-state index in [4.69, 9.17) is 14.2 Å². The zero-order valence-electron chi connectivity index (χ0n) is 49.7. The summed E-state index contributed by atoms with van der Waals surface area (Å²) in [5.74, 6) is -1.27. The van der Waals surface area contributed by atoms with Gasteiger partial charge in [0.05, 0.1) is 25.4 Å². The Kier molecular flexibility index (Phi) is 50.5. The summed E-state index contributed by atoms with van der Waals surface area (Å²) in [6, 6.07) is -1.06. The Bertz CT molecular complexity index is 1740. The highest BCUT2D eigenvalue weighted by Gasteiger charge is 2.47. The summed E-state index contributed by atoms with van der Waals surface area (Å²) in [5, 5.41) is 56.9. The Morgan fingerprint density at radius 2 is 0.911 bits per heavy atom. The summed E-state index contributed by atoms with van der Waals surface area (Å²) in [4.78, 5) is 26.5. The molecule has 0 spiro atoms. The molecule has 0 aromatic rings. The van der Waals surface area contributed by atoms with E-state index < -0.39 is 67.4 Å². The molecule has 1 fully saturated rings. The molecule has 11 heteroatoms. The number of aliphatic hydroxyl groups excluding tert-OH is 5. The van der Waals surface area contributed by atoms with Crippen LogP contribution in [0.3, 0.4) is 0 Å². The van der Waals surface area contributed by atoms with Gasteiger partial charge in [-0.15, -0.1) is 0 Å². The third-order valence-electron chi connectivity index (χ3n) is 13.9. The minimum Gasteiger partial charge on any atom is -0.454 e. The van der Waals surface area contributed by atoms with Crippen molar-refractivity contribution in [3.63, 3.8) is 0 Å². The van der Waals surface area contributed by atoms with Crippen molar-refractivity contribution in [2.75, 3.05) is 13.2 Å². The maximum atomic E-state index is 13.4. The van der Waals surface area contributed by atoms with E-state index in [1.807, 2.05) is 18.2 Å². The number of carbonyl (C=O) groups excluding carboxylic acids is 2. The van der Waals surface area contributed by atoms with Gasteiger partial charge in [-0.05, 0) is 109 Å². The molecule has 1 aliphatic heterocycles. The molecule has 11 nitrogen and oxygen atoms in total. The summed E-state index contributed by atoms with van der Waals surface area (Å²) in [7, 11) is 0. The molecule has 1 heterocycles. The Balaban J connectivity index is 2.69. The summed E-state index contributed by atoms with van der Waals surface area (Å²) in [6.45, 7) is 5.58. The zero-order valence-corrected chi connectivity index (χ0v) is 49.7. The lowest BCUT2D eigenvalue weighted by atomic mass is 9.99. The van der Waals surface area contributed by atoms with Crippen LogP contribution in [0.1, 0.15) is 233 Å². The first-order chi connectivity index (χ1) is 38.7. The van der Waals surface area contributed by atoms with Crippen LogP contribution in [0.25, 0.3) is 0 Å². The molecular formula is C68H113NO10. The van der Waals surface area contributed by atoms with Crippen molar-refractivity contribution < 1.29 is 49.3 Å². The van der Waals surface area contributed by atoms with Gasteiger partial charge in [-0.1, -0.05) is 239 Å². The lowest BCUT2D eigenvalue weighted by molar-refractivity contribution is -0.305. The number of allylic oxidation sites excluding steroid dienone is 19. The Morgan fingerprint density at radius 3 is 1.39 bits per heavy atom. The van der Waals surface area contributed by atoms with Gasteiger partial charge < -0.3 is 45.1 Å². The number of hydrogen-bond acceptors (Lipinski definition) is 10. The summed E-state index contributed by atoms with van der Waals surface area (Å²) in [6.07, 6.45) is 65.3. The molecule has 0 aromatic carbocycles. The molecule has 0 aromatic heterocycles. The fourth-order valence-corrected chi connectivity index (χ4v) is 8.90. The van der Waals surface area contributed by atoms with E-state index in [1.165, 1.54) is 57.8 Å². The number of carbonyl (C=O) groups is 2. The highest BCUT2D eigenvalue weighted by atomic mass is 16.7. The number of esters is 1. The van der Waals surface area contributed by atoms with Crippen molar-refractivity contribution >= 4 is 11.9 Å². The summed E-state index contributed by atoms with van der Waals surface area (Å²) < 4.78 is 17.6. The minimum absolute atomic E-state index is 0.0969. The van der Waals surface area contributed by atoms with Crippen molar-refractivity contribution in [1.82, 2.24) is 5.32 Å². The van der Waals surface area contributed by atoms with Crippen LogP contribution in [0.2, 0.25) is 0 Å². The third kappa shape index (κ3) is 42.6. The van der Waals surface area contributed by atoms with Crippen LogP contribution in [-0.2, 0) is 23.8 Å². The standard InChI is InChI=1S/C68H113NO10/c1-4-7-10-13-16-19-22-24-26-28-29-30-31-32-33-34-36-38-41-44-47-50-53-56-63(73)79-66-65(75)64(74)62(57-70)78-68(66)77-58-59(60(71)54-51-48-45-42-39-21-18-15-12-9-6-3)69-67(76)61(72)55-52-49-46-43-40-37-35-27-25-23-20-17-14-11-8-5-2/h7,10,16-17,19-20,24-27,29-30,32-33,37,40,46,49,51,54,59-62,64-66,68,70-72,74-75H,4-6,8-9,11-15,18,21-23,28,31,34-36,38-39,41-45,47-48,50,52-53,55-58H2,1-3H3,(H,69,76)/b10-7-,19-16-,20-17-,26-24-,27-25-,30-29-,33-32-,40-37-,49-46-,54-51+. The molecule has 8 atom stereocenters. The number of aliphatic hydroxyl groups is 5. The van der Waals surface area contributed by atoms with Crippen LogP contribution in [0.4, 0.5) is 0 Å². The van der Waals surface area contributed by atoms with E-state index in [0.29, 0.717) is 12.8 Å². The number of amides is 1. The third-order valence-corrected chi connectivity index (χ3v) is 13.9. The molecule has 6 N–H and O–H groups in total. The van der Waals surface area contributed by atoms with Crippen molar-refractivity contribution in [2.45, 2.75) is 282 Å². The van der Waals surface area contributed by atoms with Crippen molar-refractivity contribution in [3.8, 4) is 0 Å². The normalized spacial score (nSPS) is 19.7. The highest BCUT2D eigenvalue weighted by molar-refractivity contribution is 5.80. The predicted molar refractivity (Wildman–Crippen MR) is 328 cm³/mol. The minimum atomic E-state index is -1.64. The fourth-order valence-electron chi connectivity index (χ4n) is 8.90. The molecule has 0 bridgehead atoms. The van der Waals surface area contributed by atoms with Gasteiger partial charge in [-0.25, -0.2) is 0 Å². The predicted octanol–water partition coefficient (Wildman–Crippen LogP) is 15.1. The molecular weight excluding hydrogens is 991 g/mol. The van der Waals surface area contributed by atoms with Crippen molar-refractivity contribution in [3.05, 3.63) is 122 Å². The number of unbranched alkanes of at least 4 members (excludes halogenated alkanes) is 19. The van der Waals surface area contributed by atoms with Gasteiger partial charge in [-0.3, -0.25) is 9.59 Å². The van der Waals surface area contributed by atoms with E-state index in [1.54, 1.807) is 6.08 Å². The van der Waals surface area contributed by atoms with Crippen molar-refractivity contribution in [2.24, 2.45) is 0 Å². The van der Waals surface area contributed by atoms with E-state index >= 15 is 0 Å². The highest BCUT2D eigenvalue weighted by Crippen LogP contribution is 2.26. The molecule has 1 saturated heterocycles. The first-order valence-corrected chi connectivity index (χ1v) is 31.3. The second kappa shape index (κ2) is 54.6. The van der Waals surface area contributed by atoms with Gasteiger partial charge in [-0.2, -0.15) is 0 Å². The summed E-state index contributed by atoms with van der Waals surface area (Å²) in [5.41, 5.74) is 0. The molecule has 79 heavy (non-hydrogen) atoms. The molecule has 1 rings (SSSR count). The second-order valence-corrected chi connectivity index (χ2v) is 21.0. The average Bonchev–Trinajstić information content (AvgIpc) is 3.47. The monoisotopic (exact) mass is 1100 g/mol. The Labute approximate surface area is 480 Å². The lowest BCUT2D eigenvalue weighted by Crippen LogP contribution is -2.61. The van der Waals surface area contributed by atoms with Crippen LogP contribution < -0.4 is 5.32 Å². The van der Waals surface area contributed by atoms with Gasteiger partial charge >= 0.3 is 5.97 Å². The Hall–Kier alpha value is -3.94. The number of hydrogen-bond donors (Lipinski definition) is 6. The Morgan fingerprint density at radius 1 is 0.506 bits per heavy atom. The van der Waals surface area contributed by atoms with Crippen LogP contribution in [-0.4, -0.2) is 99.6 Å². The van der Waals surface area contributed by atoms with Gasteiger partial charge in [0, 0.05) is 6.42 Å². The molecule has 0 saturated carbocycles. The maximum absolute atomic E-state index is 13.4. The largest absolute Gasteiger partial charge is 0.454 e. The first kappa shape index (κ1) is 73.1. The van der Waals surface area contributed by atoms with Crippen molar-refractivity contribution in [1.29, 1.82) is 0 Å². The fraction of sp³-hybridized carbons (Fsp3) is 0.676. The topological polar surface area (TPSA) is 175 Å². The molecule has 1 amide bonds. The van der Waals surface area contributed by atoms with Gasteiger partial charge in [0.15, 0.2) is 12.4 Å². The van der Waals surface area contributed by atoms with E-state index in [-0.39, 0.29) is 19.4 Å². The molecule has 0 aliphatic carbocycles. The summed E-state index contributed by atoms with van der Waals surface area (Å²) >= 11 is 0. The van der Waals surface area contributed by atoms with Gasteiger partial charge in [0.1, 0.15) is 24.4 Å². The van der Waals surface area contributed by atoms with E-state index in [9.17, 15) is 35.1 Å². The lowest BCUT2D eigenvalue weighted by Gasteiger charge is -2.41. The maximum Gasteiger partial charge on any atom is 0.306 e. The molecule has 450 valence electrons. The van der Waals surface area contributed by atoms with Crippen LogP contribution in [0.15, 0.2) is 122 Å². The van der Waals surface area contributed by atoms with Crippen LogP contribution in [0, 0.1) is 0 Å². The number of ether oxygens (including phenoxy) is 3. The smallest absolute Gasteiger partial charge is 0.306 e. The van der Waals surface area contributed by atoms with E-state index in [0.717, 1.165) is 128 Å². The molecule has 0 radical (unpaired) electrons.